The number of hydrogen-bond donors (Lipinski definition) is 1. The van der Waals surface area contributed by atoms with Crippen LogP contribution in [0.5, 0.6) is 11.5 Å². The van der Waals surface area contributed by atoms with Crippen molar-refractivity contribution in [1.82, 2.24) is 9.78 Å². The Bertz CT molecular complexity index is 1070. The first kappa shape index (κ1) is 18.0. The number of rotatable bonds is 5. The fourth-order valence-electron chi connectivity index (χ4n) is 3.51. The van der Waals surface area contributed by atoms with Crippen LogP contribution in [0.25, 0.3) is 11.3 Å². The van der Waals surface area contributed by atoms with E-state index in [-0.39, 0.29) is 11.7 Å². The van der Waals surface area contributed by atoms with Gasteiger partial charge in [0.1, 0.15) is 5.82 Å². The molecule has 0 radical (unpaired) electrons. The van der Waals surface area contributed by atoms with Crippen LogP contribution in [0, 0.1) is 5.82 Å². The van der Waals surface area contributed by atoms with Crippen molar-refractivity contribution < 1.29 is 18.7 Å². The number of hydrogen-bond acceptors (Lipinski definition) is 5. The van der Waals surface area contributed by atoms with Gasteiger partial charge in [0.25, 0.3) is 0 Å². The Balaban J connectivity index is 1.85. The molecule has 4 rings (SSSR count). The number of nitrogens with zero attached hydrogens (tertiary/aromatic N) is 2. The van der Waals surface area contributed by atoms with Gasteiger partial charge in [-0.2, -0.15) is 4.68 Å². The van der Waals surface area contributed by atoms with E-state index in [1.165, 1.54) is 16.8 Å². The Kier molecular flexibility index (Phi) is 4.50. The largest absolute Gasteiger partial charge is 0.493 e. The Morgan fingerprint density at radius 2 is 1.96 bits per heavy atom. The van der Waals surface area contributed by atoms with E-state index in [2.05, 4.69) is 10.4 Å². The SMILES string of the molecule is CCC(=O)n1nc(Nc2cccc(F)c2)c2c1-c1cc(OC)c(OC)cc1C2. The molecular weight excluding hydrogens is 361 g/mol. The fraction of sp³-hybridized carbons (Fsp3) is 0.238. The number of anilines is 2. The predicted molar refractivity (Wildman–Crippen MR) is 104 cm³/mol. The minimum absolute atomic E-state index is 0.119. The second kappa shape index (κ2) is 6.99. The summed E-state index contributed by atoms with van der Waals surface area (Å²) in [4.78, 5) is 12.5. The maximum atomic E-state index is 13.6. The summed E-state index contributed by atoms with van der Waals surface area (Å²) in [5, 5.41) is 7.64. The number of carbonyl (C=O) groups excluding carboxylic acids is 1. The van der Waals surface area contributed by atoms with Gasteiger partial charge in [0.15, 0.2) is 17.3 Å². The summed E-state index contributed by atoms with van der Waals surface area (Å²) in [5.74, 6) is 1.30. The van der Waals surface area contributed by atoms with Gasteiger partial charge >= 0.3 is 0 Å². The highest BCUT2D eigenvalue weighted by Crippen LogP contribution is 2.45. The second-order valence-corrected chi connectivity index (χ2v) is 6.51. The van der Waals surface area contributed by atoms with E-state index in [1.807, 2.05) is 12.1 Å². The van der Waals surface area contributed by atoms with Gasteiger partial charge in [-0.15, -0.1) is 5.10 Å². The van der Waals surface area contributed by atoms with Crippen molar-refractivity contribution in [3.8, 4) is 22.8 Å². The molecule has 0 saturated carbocycles. The quantitative estimate of drug-likeness (QED) is 0.555. The van der Waals surface area contributed by atoms with Gasteiger partial charge in [-0.25, -0.2) is 4.39 Å². The Hall–Kier alpha value is -3.35. The van der Waals surface area contributed by atoms with Crippen molar-refractivity contribution in [2.45, 2.75) is 19.8 Å². The lowest BCUT2D eigenvalue weighted by Crippen LogP contribution is -2.12. The molecule has 0 bridgehead atoms. The average Bonchev–Trinajstić information content (AvgIpc) is 3.23. The molecule has 0 fully saturated rings. The van der Waals surface area contributed by atoms with Gasteiger partial charge in [0.2, 0.25) is 5.91 Å². The Morgan fingerprint density at radius 3 is 2.64 bits per heavy atom. The molecule has 0 unspecified atom stereocenters. The Morgan fingerprint density at radius 1 is 1.21 bits per heavy atom. The van der Waals surface area contributed by atoms with Crippen LogP contribution < -0.4 is 14.8 Å². The number of carbonyl (C=O) groups is 1. The Labute approximate surface area is 161 Å². The van der Waals surface area contributed by atoms with Crippen LogP contribution in [0.1, 0.15) is 29.3 Å². The first-order valence-corrected chi connectivity index (χ1v) is 8.98. The molecule has 6 nitrogen and oxygen atoms in total. The third kappa shape index (κ3) is 2.89. The lowest BCUT2D eigenvalue weighted by molar-refractivity contribution is 0.0895. The van der Waals surface area contributed by atoms with E-state index >= 15 is 0 Å². The number of methoxy groups -OCH3 is 2. The van der Waals surface area contributed by atoms with Crippen LogP contribution in [0.15, 0.2) is 36.4 Å². The third-order valence-electron chi connectivity index (χ3n) is 4.84. The summed E-state index contributed by atoms with van der Waals surface area (Å²) >= 11 is 0. The van der Waals surface area contributed by atoms with Crippen LogP contribution in [0.4, 0.5) is 15.9 Å². The van der Waals surface area contributed by atoms with Crippen LogP contribution in [0.3, 0.4) is 0 Å². The fourth-order valence-corrected chi connectivity index (χ4v) is 3.51. The van der Waals surface area contributed by atoms with Gasteiger partial charge in [-0.3, -0.25) is 4.79 Å². The highest BCUT2D eigenvalue weighted by Gasteiger charge is 2.31. The number of fused-ring (bicyclic) bond motifs is 3. The smallest absolute Gasteiger partial charge is 0.247 e. The molecule has 2 aromatic carbocycles. The number of halogens is 1. The molecule has 0 atom stereocenters. The van der Waals surface area contributed by atoms with E-state index in [0.29, 0.717) is 35.8 Å². The molecule has 1 aliphatic rings. The van der Waals surface area contributed by atoms with Gasteiger partial charge in [-0.1, -0.05) is 13.0 Å². The molecule has 0 aliphatic heterocycles. The van der Waals surface area contributed by atoms with Crippen LogP contribution >= 0.6 is 0 Å². The molecule has 0 spiro atoms. The van der Waals surface area contributed by atoms with Gasteiger partial charge < -0.3 is 14.8 Å². The number of aromatic nitrogens is 2. The van der Waals surface area contributed by atoms with Crippen molar-refractivity contribution in [3.05, 3.63) is 53.3 Å². The molecule has 28 heavy (non-hydrogen) atoms. The van der Waals surface area contributed by atoms with Gasteiger partial charge in [-0.05, 0) is 35.9 Å². The first-order valence-electron chi connectivity index (χ1n) is 8.98. The van der Waals surface area contributed by atoms with Crippen LogP contribution in [-0.4, -0.2) is 29.9 Å². The van der Waals surface area contributed by atoms with Crippen molar-refractivity contribution in [2.75, 3.05) is 19.5 Å². The maximum absolute atomic E-state index is 13.6. The van der Waals surface area contributed by atoms with Gasteiger partial charge in [0, 0.05) is 29.7 Å². The van der Waals surface area contributed by atoms with Crippen molar-refractivity contribution in [2.24, 2.45) is 0 Å². The average molecular weight is 381 g/mol. The molecule has 1 heterocycles. The normalized spacial score (nSPS) is 11.7. The molecule has 144 valence electrons. The molecule has 0 amide bonds. The van der Waals surface area contributed by atoms with Crippen molar-refractivity contribution >= 4 is 17.4 Å². The van der Waals surface area contributed by atoms with Gasteiger partial charge in [0.05, 0.1) is 19.9 Å². The lowest BCUT2D eigenvalue weighted by Gasteiger charge is -2.11. The van der Waals surface area contributed by atoms with Crippen molar-refractivity contribution in [1.29, 1.82) is 0 Å². The van der Waals surface area contributed by atoms with E-state index in [9.17, 15) is 9.18 Å². The standard InChI is InChI=1S/C21H20FN3O3/c1-4-19(26)25-20-15-11-18(28-3)17(27-2)9-12(15)8-16(20)21(24-25)23-14-7-5-6-13(22)10-14/h5-7,9-11H,4,8H2,1-3H3,(H,23,24). The third-order valence-corrected chi connectivity index (χ3v) is 4.84. The molecule has 7 heteroatoms. The van der Waals surface area contributed by atoms with Crippen molar-refractivity contribution in [3.63, 3.8) is 0 Å². The number of nitrogens with one attached hydrogen (secondary N) is 1. The van der Waals surface area contributed by atoms with E-state index < -0.39 is 0 Å². The molecular formula is C21H20FN3O3. The molecule has 1 aliphatic carbocycles. The molecule has 0 saturated heterocycles. The van der Waals surface area contributed by atoms with E-state index in [4.69, 9.17) is 9.47 Å². The first-order chi connectivity index (χ1) is 13.5. The zero-order valence-electron chi connectivity index (χ0n) is 15.9. The summed E-state index contributed by atoms with van der Waals surface area (Å²) in [6.45, 7) is 1.79. The summed E-state index contributed by atoms with van der Waals surface area (Å²) in [7, 11) is 3.16. The molecule has 1 N–H and O–H groups in total. The second-order valence-electron chi connectivity index (χ2n) is 6.51. The topological polar surface area (TPSA) is 65.4 Å². The van der Waals surface area contributed by atoms with E-state index in [0.717, 1.165) is 22.4 Å². The zero-order valence-corrected chi connectivity index (χ0v) is 15.9. The molecule has 1 aromatic heterocycles. The molecule has 3 aromatic rings. The maximum Gasteiger partial charge on any atom is 0.247 e. The van der Waals surface area contributed by atoms with E-state index in [1.54, 1.807) is 33.3 Å². The minimum Gasteiger partial charge on any atom is -0.493 e. The minimum atomic E-state index is -0.344. The number of ether oxygens (including phenoxy) is 2. The summed E-state index contributed by atoms with van der Waals surface area (Å²) < 4.78 is 25.8. The highest BCUT2D eigenvalue weighted by molar-refractivity contribution is 5.90. The summed E-state index contributed by atoms with van der Waals surface area (Å²) in [6.07, 6.45) is 0.899. The highest BCUT2D eigenvalue weighted by atomic mass is 19.1. The monoisotopic (exact) mass is 381 g/mol. The number of benzene rings is 2. The predicted octanol–water partition coefficient (Wildman–Crippen LogP) is 4.40. The zero-order chi connectivity index (χ0) is 19.8. The summed E-state index contributed by atoms with van der Waals surface area (Å²) in [6, 6.07) is 9.93. The van der Waals surface area contributed by atoms with Crippen LogP contribution in [0.2, 0.25) is 0 Å². The summed E-state index contributed by atoms with van der Waals surface area (Å²) in [5.41, 5.74) is 4.10. The van der Waals surface area contributed by atoms with Crippen LogP contribution in [-0.2, 0) is 6.42 Å². The lowest BCUT2D eigenvalue weighted by atomic mass is 10.1.